The van der Waals surface area contributed by atoms with E-state index in [9.17, 15) is 62.2 Å². The van der Waals surface area contributed by atoms with Gasteiger partial charge in [0.15, 0.2) is 5.60 Å². The zero-order valence-corrected chi connectivity index (χ0v) is 24.6. The molecule has 0 aliphatic heterocycles. The van der Waals surface area contributed by atoms with Crippen molar-refractivity contribution in [3.63, 3.8) is 0 Å². The topological polar surface area (TPSA) is 303 Å². The summed E-state index contributed by atoms with van der Waals surface area (Å²) in [6.45, 7) is 4.29. The summed E-state index contributed by atoms with van der Waals surface area (Å²) < 4.78 is 77.5. The van der Waals surface area contributed by atoms with Crippen LogP contribution in [0.5, 0.6) is 0 Å². The first-order valence-electron chi connectivity index (χ1n) is 11.4. The van der Waals surface area contributed by atoms with Gasteiger partial charge in [0.05, 0.1) is 0 Å². The molecule has 0 bridgehead atoms. The molecule has 1 aliphatic rings. The Morgan fingerprint density at radius 2 is 1.08 bits per heavy atom. The Hall–Kier alpha value is -0.130. The summed E-state index contributed by atoms with van der Waals surface area (Å²) in [7, 11) is -22.9. The highest BCUT2D eigenvalue weighted by atomic mass is 31.2. The van der Waals surface area contributed by atoms with E-state index in [1.54, 1.807) is 13.8 Å². The number of rotatable bonds is 16. The van der Waals surface area contributed by atoms with Crippen LogP contribution in [0, 0.1) is 0 Å². The van der Waals surface area contributed by atoms with Crippen molar-refractivity contribution in [1.29, 1.82) is 0 Å². The van der Waals surface area contributed by atoms with E-state index in [0.717, 1.165) is 0 Å². The number of esters is 1. The van der Waals surface area contributed by atoms with Crippen molar-refractivity contribution < 1.29 is 89.8 Å². The second-order valence-electron chi connectivity index (χ2n) is 8.42. The molecular weight excluding hydrogens is 620 g/mol. The Bertz CT molecular complexity index is 997. The van der Waals surface area contributed by atoms with Gasteiger partial charge in [0, 0.05) is 13.0 Å². The van der Waals surface area contributed by atoms with Crippen LogP contribution in [0.1, 0.15) is 52.9 Å². The number of carbonyl (C=O) groups is 1. The lowest BCUT2D eigenvalue weighted by atomic mass is 9.72. The van der Waals surface area contributed by atoms with E-state index in [1.807, 2.05) is 0 Å². The normalized spacial score (nSPS) is 28.8. The standard InChI is InChI=1S/C16H34O19P4/c1-4-7-10(17)31-16(8-5-2)14(30-9-6-3)12(33-37(21,22)23)11(32-36(18,19)20)13(34-38(24,25)26)15(16)35-39(27,28)29/h11-15H,4-9H2,1-3H3,(H2,18,19,20)(H2,21,22,23)(H2,24,25,26)(H2,27,28,29)/t11-,12-,13+,14+,15-,16+/m0/s1. The lowest BCUT2D eigenvalue weighted by molar-refractivity contribution is -0.276. The molecule has 0 aromatic carbocycles. The molecule has 0 heterocycles. The number of ether oxygens (including phenoxy) is 2. The van der Waals surface area contributed by atoms with Gasteiger partial charge in [-0.3, -0.25) is 22.9 Å². The van der Waals surface area contributed by atoms with Gasteiger partial charge in [0.1, 0.15) is 30.5 Å². The molecular formula is C16H34O19P4. The van der Waals surface area contributed by atoms with Gasteiger partial charge in [0.2, 0.25) is 0 Å². The van der Waals surface area contributed by atoms with Gasteiger partial charge < -0.3 is 48.6 Å². The van der Waals surface area contributed by atoms with Crippen LogP contribution in [-0.2, 0) is 50.6 Å². The molecule has 0 spiro atoms. The van der Waals surface area contributed by atoms with Gasteiger partial charge in [-0.1, -0.05) is 27.2 Å². The maximum atomic E-state index is 12.7. The third kappa shape index (κ3) is 11.9. The number of hydrogen-bond acceptors (Lipinski definition) is 11. The highest BCUT2D eigenvalue weighted by molar-refractivity contribution is 7.47. The molecule has 0 unspecified atom stereocenters. The van der Waals surface area contributed by atoms with Gasteiger partial charge >= 0.3 is 37.3 Å². The van der Waals surface area contributed by atoms with Gasteiger partial charge in [-0.2, -0.15) is 0 Å². The third-order valence-electron chi connectivity index (χ3n) is 5.14. The third-order valence-corrected chi connectivity index (χ3v) is 7.19. The van der Waals surface area contributed by atoms with Crippen LogP contribution in [0.2, 0.25) is 0 Å². The molecule has 1 aliphatic carbocycles. The maximum absolute atomic E-state index is 12.7. The van der Waals surface area contributed by atoms with Crippen molar-refractivity contribution in [3.05, 3.63) is 0 Å². The lowest BCUT2D eigenvalue weighted by Gasteiger charge is -2.55. The number of hydrogen-bond donors (Lipinski definition) is 8. The van der Waals surface area contributed by atoms with Crippen molar-refractivity contribution in [3.8, 4) is 0 Å². The molecule has 19 nitrogen and oxygen atoms in total. The SMILES string of the molecule is CCCO[C@@H]1[C@@H](OP(=O)(O)O)[C@H](OP(=O)(O)O)[C@@H](OP(=O)(O)O)[C@H](OP(=O)(O)O)[C@]1(CCC)OC(=O)CCC. The summed E-state index contributed by atoms with van der Waals surface area (Å²) in [6, 6.07) is 0. The van der Waals surface area contributed by atoms with E-state index in [4.69, 9.17) is 18.5 Å². The largest absolute Gasteiger partial charge is 0.470 e. The fourth-order valence-electron chi connectivity index (χ4n) is 4.16. The van der Waals surface area contributed by atoms with Crippen LogP contribution >= 0.6 is 31.3 Å². The van der Waals surface area contributed by atoms with Crippen molar-refractivity contribution in [2.45, 2.75) is 89.0 Å². The first-order chi connectivity index (χ1) is 17.6. The smallest absolute Gasteiger partial charge is 0.453 e. The second-order valence-corrected chi connectivity index (χ2v) is 13.2. The molecule has 0 aromatic heterocycles. The first kappa shape index (κ1) is 36.9. The Labute approximate surface area is 223 Å². The Morgan fingerprint density at radius 1 is 0.641 bits per heavy atom. The molecule has 0 saturated heterocycles. The van der Waals surface area contributed by atoms with Crippen LogP contribution in [0.15, 0.2) is 0 Å². The van der Waals surface area contributed by atoms with E-state index in [0.29, 0.717) is 0 Å². The fourth-order valence-corrected chi connectivity index (χ4v) is 6.41. The van der Waals surface area contributed by atoms with Gasteiger partial charge in [-0.05, 0) is 19.3 Å². The molecule has 1 saturated carbocycles. The Morgan fingerprint density at radius 3 is 1.46 bits per heavy atom. The fraction of sp³-hybridized carbons (Fsp3) is 0.938. The van der Waals surface area contributed by atoms with Crippen molar-refractivity contribution >= 4 is 37.3 Å². The Balaban J connectivity index is 4.20. The first-order valence-corrected chi connectivity index (χ1v) is 17.5. The van der Waals surface area contributed by atoms with Crippen molar-refractivity contribution in [2.75, 3.05) is 6.61 Å². The predicted octanol–water partition coefficient (Wildman–Crippen LogP) is 0.589. The lowest BCUT2D eigenvalue weighted by Crippen LogP contribution is -2.73. The van der Waals surface area contributed by atoms with E-state index in [-0.39, 0.29) is 32.3 Å². The predicted molar refractivity (Wildman–Crippen MR) is 126 cm³/mol. The minimum atomic E-state index is -5.78. The van der Waals surface area contributed by atoms with Gasteiger partial charge in [0.25, 0.3) is 0 Å². The summed E-state index contributed by atoms with van der Waals surface area (Å²) in [5.74, 6) is -1.06. The van der Waals surface area contributed by atoms with Crippen molar-refractivity contribution in [1.82, 2.24) is 0 Å². The van der Waals surface area contributed by atoms with Crippen molar-refractivity contribution in [2.24, 2.45) is 0 Å². The molecule has 232 valence electrons. The van der Waals surface area contributed by atoms with Crippen LogP contribution in [-0.4, -0.2) is 87.8 Å². The van der Waals surface area contributed by atoms with E-state index in [2.05, 4.69) is 9.05 Å². The van der Waals surface area contributed by atoms with E-state index < -0.39 is 79.8 Å². The van der Waals surface area contributed by atoms with E-state index in [1.165, 1.54) is 6.92 Å². The Kier molecular flexibility index (Phi) is 13.6. The number of carbonyl (C=O) groups excluding carboxylic acids is 1. The second kappa shape index (κ2) is 14.4. The molecule has 6 atom stereocenters. The zero-order valence-electron chi connectivity index (χ0n) is 21.0. The van der Waals surface area contributed by atoms with Crippen LogP contribution in [0.25, 0.3) is 0 Å². The number of phosphoric acid groups is 4. The van der Waals surface area contributed by atoms with Crippen LogP contribution in [0.4, 0.5) is 0 Å². The zero-order chi connectivity index (χ0) is 30.4. The molecule has 1 rings (SSSR count). The van der Waals surface area contributed by atoms with Gasteiger partial charge in [-0.15, -0.1) is 0 Å². The monoisotopic (exact) mass is 654 g/mol. The molecule has 23 heteroatoms. The van der Waals surface area contributed by atoms with Crippen LogP contribution in [0.3, 0.4) is 0 Å². The average molecular weight is 654 g/mol. The molecule has 0 aromatic rings. The molecule has 8 N–H and O–H groups in total. The van der Waals surface area contributed by atoms with E-state index >= 15 is 0 Å². The molecule has 39 heavy (non-hydrogen) atoms. The maximum Gasteiger partial charge on any atom is 0.470 e. The highest BCUT2D eigenvalue weighted by Crippen LogP contribution is 2.57. The summed E-state index contributed by atoms with van der Waals surface area (Å²) in [6.07, 6.45) is -12.8. The van der Waals surface area contributed by atoms with Gasteiger partial charge in [-0.25, -0.2) is 18.3 Å². The summed E-state index contributed by atoms with van der Waals surface area (Å²) in [4.78, 5) is 89.4. The summed E-state index contributed by atoms with van der Waals surface area (Å²) >= 11 is 0. The summed E-state index contributed by atoms with van der Waals surface area (Å²) in [5, 5.41) is 0. The molecule has 0 radical (unpaired) electrons. The molecule has 1 fully saturated rings. The summed E-state index contributed by atoms with van der Waals surface area (Å²) in [5.41, 5.74) is -2.58. The highest BCUT2D eigenvalue weighted by Gasteiger charge is 2.68. The molecule has 0 amide bonds. The minimum absolute atomic E-state index is 0.0400. The quantitative estimate of drug-likeness (QED) is 0.0834. The minimum Gasteiger partial charge on any atom is -0.453 e. The average Bonchev–Trinajstić information content (AvgIpc) is 2.70. The van der Waals surface area contributed by atoms with Crippen LogP contribution < -0.4 is 0 Å². The number of phosphoric ester groups is 4.